The number of amidine groups is 1. The monoisotopic (exact) mass is 251 g/mol. The first kappa shape index (κ1) is 13.8. The fraction of sp³-hybridized carbons (Fsp3) is 0.333. The Hall–Kier alpha value is -2.24. The van der Waals surface area contributed by atoms with Crippen molar-refractivity contribution < 1.29 is 14.7 Å². The van der Waals surface area contributed by atoms with Crippen LogP contribution in [0.4, 0.5) is 5.69 Å². The van der Waals surface area contributed by atoms with Crippen molar-refractivity contribution >= 4 is 17.4 Å². The van der Waals surface area contributed by atoms with Gasteiger partial charge in [0.2, 0.25) is 5.91 Å². The molecule has 0 aromatic heterocycles. The molecule has 0 fully saturated rings. The predicted octanol–water partition coefficient (Wildman–Crippen LogP) is 1.32. The second kappa shape index (κ2) is 5.90. The van der Waals surface area contributed by atoms with E-state index in [4.69, 9.17) is 15.7 Å². The summed E-state index contributed by atoms with van der Waals surface area (Å²) in [6, 6.07) is 5.35. The van der Waals surface area contributed by atoms with Crippen LogP contribution in [0.1, 0.15) is 12.5 Å². The fourth-order valence-corrected chi connectivity index (χ4v) is 1.32. The number of hydrogen-bond donors (Lipinski definition) is 3. The molecule has 0 aliphatic carbocycles. The molecule has 0 heterocycles. The maximum absolute atomic E-state index is 11.8. The first-order chi connectivity index (χ1) is 8.49. The lowest BCUT2D eigenvalue weighted by Gasteiger charge is -2.13. The lowest BCUT2D eigenvalue weighted by atomic mass is 10.1. The standard InChI is InChI=1S/C12H17N3O3/c1-7-4-5-9(18-3)6-10(7)14-12(16)8(2)11(13)15-17/h4-6,8,17H,1-3H3,(H2,13,15)(H,14,16). The number of nitrogens with one attached hydrogen (secondary N) is 1. The van der Waals surface area contributed by atoms with E-state index in [1.807, 2.05) is 13.0 Å². The molecule has 18 heavy (non-hydrogen) atoms. The van der Waals surface area contributed by atoms with E-state index in [0.717, 1.165) is 5.56 Å². The highest BCUT2D eigenvalue weighted by Crippen LogP contribution is 2.22. The molecule has 1 atom stereocenters. The molecule has 1 aromatic carbocycles. The fourth-order valence-electron chi connectivity index (χ4n) is 1.32. The van der Waals surface area contributed by atoms with Gasteiger partial charge in [-0.15, -0.1) is 0 Å². The molecule has 0 saturated carbocycles. The molecular formula is C12H17N3O3. The van der Waals surface area contributed by atoms with Gasteiger partial charge in [0.05, 0.1) is 13.0 Å². The van der Waals surface area contributed by atoms with Crippen LogP contribution in [-0.4, -0.2) is 24.1 Å². The van der Waals surface area contributed by atoms with E-state index in [9.17, 15) is 4.79 Å². The van der Waals surface area contributed by atoms with Crippen LogP contribution in [0, 0.1) is 12.8 Å². The Balaban J connectivity index is 2.87. The minimum absolute atomic E-state index is 0.131. The lowest BCUT2D eigenvalue weighted by molar-refractivity contribution is -0.117. The molecule has 1 unspecified atom stereocenters. The molecule has 0 aliphatic rings. The summed E-state index contributed by atoms with van der Waals surface area (Å²) in [4.78, 5) is 11.8. The predicted molar refractivity (Wildman–Crippen MR) is 68.9 cm³/mol. The average molecular weight is 251 g/mol. The van der Waals surface area contributed by atoms with Crippen molar-refractivity contribution in [3.8, 4) is 5.75 Å². The van der Waals surface area contributed by atoms with Crippen LogP contribution >= 0.6 is 0 Å². The number of ether oxygens (including phenoxy) is 1. The zero-order valence-corrected chi connectivity index (χ0v) is 10.6. The average Bonchev–Trinajstić information content (AvgIpc) is 2.39. The van der Waals surface area contributed by atoms with Gasteiger partial charge in [-0.1, -0.05) is 11.2 Å². The van der Waals surface area contributed by atoms with Gasteiger partial charge in [0, 0.05) is 11.8 Å². The van der Waals surface area contributed by atoms with Gasteiger partial charge in [-0.25, -0.2) is 0 Å². The minimum Gasteiger partial charge on any atom is -0.497 e. The molecular weight excluding hydrogens is 234 g/mol. The number of rotatable bonds is 4. The van der Waals surface area contributed by atoms with Crippen LogP contribution in [0.2, 0.25) is 0 Å². The summed E-state index contributed by atoms with van der Waals surface area (Å²) in [6.07, 6.45) is 0. The van der Waals surface area contributed by atoms with Crippen LogP contribution < -0.4 is 15.8 Å². The minimum atomic E-state index is -0.708. The molecule has 1 amide bonds. The van der Waals surface area contributed by atoms with E-state index in [-0.39, 0.29) is 11.7 Å². The van der Waals surface area contributed by atoms with Gasteiger partial charge in [0.1, 0.15) is 5.75 Å². The number of methoxy groups -OCH3 is 1. The number of nitrogens with zero attached hydrogens (tertiary/aromatic N) is 1. The number of carbonyl (C=O) groups excluding carboxylic acids is 1. The van der Waals surface area contributed by atoms with Crippen molar-refractivity contribution in [1.82, 2.24) is 0 Å². The SMILES string of the molecule is COc1ccc(C)c(NC(=O)C(C)/C(N)=N/O)c1. The molecule has 6 heteroatoms. The van der Waals surface area contributed by atoms with Crippen LogP contribution in [0.5, 0.6) is 5.75 Å². The maximum Gasteiger partial charge on any atom is 0.234 e. The van der Waals surface area contributed by atoms with Crippen molar-refractivity contribution in [2.45, 2.75) is 13.8 Å². The van der Waals surface area contributed by atoms with Gasteiger partial charge in [-0.3, -0.25) is 4.79 Å². The largest absolute Gasteiger partial charge is 0.497 e. The molecule has 6 nitrogen and oxygen atoms in total. The molecule has 0 radical (unpaired) electrons. The van der Waals surface area contributed by atoms with Crippen LogP contribution in [-0.2, 0) is 4.79 Å². The van der Waals surface area contributed by atoms with Crippen molar-refractivity contribution in [2.24, 2.45) is 16.8 Å². The number of amides is 1. The molecule has 1 aromatic rings. The number of benzene rings is 1. The number of oxime groups is 1. The normalized spacial score (nSPS) is 12.9. The second-order valence-electron chi connectivity index (χ2n) is 3.92. The van der Waals surface area contributed by atoms with Gasteiger partial charge in [0.25, 0.3) is 0 Å². The Kier molecular flexibility index (Phi) is 4.53. The number of nitrogens with two attached hydrogens (primary N) is 1. The zero-order valence-electron chi connectivity index (χ0n) is 10.6. The summed E-state index contributed by atoms with van der Waals surface area (Å²) in [7, 11) is 1.55. The molecule has 4 N–H and O–H groups in total. The lowest BCUT2D eigenvalue weighted by Crippen LogP contribution is -2.32. The quantitative estimate of drug-likeness (QED) is 0.325. The summed E-state index contributed by atoms with van der Waals surface area (Å²) in [6.45, 7) is 3.42. The van der Waals surface area contributed by atoms with Crippen LogP contribution in [0.3, 0.4) is 0 Å². The first-order valence-corrected chi connectivity index (χ1v) is 5.42. The summed E-state index contributed by atoms with van der Waals surface area (Å²) in [5, 5.41) is 14.0. The third-order valence-corrected chi connectivity index (χ3v) is 2.66. The van der Waals surface area contributed by atoms with E-state index >= 15 is 0 Å². The van der Waals surface area contributed by atoms with Gasteiger partial charge in [0.15, 0.2) is 5.84 Å². The van der Waals surface area contributed by atoms with E-state index in [2.05, 4.69) is 10.5 Å². The van der Waals surface area contributed by atoms with Crippen molar-refractivity contribution in [3.63, 3.8) is 0 Å². The van der Waals surface area contributed by atoms with E-state index in [0.29, 0.717) is 11.4 Å². The van der Waals surface area contributed by atoms with Crippen LogP contribution in [0.25, 0.3) is 0 Å². The molecule has 0 aliphatic heterocycles. The molecule has 0 bridgehead atoms. The molecule has 0 saturated heterocycles. The number of carbonyl (C=O) groups is 1. The van der Waals surface area contributed by atoms with Crippen molar-refractivity contribution in [1.29, 1.82) is 0 Å². The summed E-state index contributed by atoms with van der Waals surface area (Å²) in [5.74, 6) is -0.539. The highest BCUT2D eigenvalue weighted by molar-refractivity contribution is 6.07. The Labute approximate surface area is 105 Å². The topological polar surface area (TPSA) is 96.9 Å². The Morgan fingerprint density at radius 3 is 2.78 bits per heavy atom. The van der Waals surface area contributed by atoms with E-state index in [1.165, 1.54) is 0 Å². The van der Waals surface area contributed by atoms with Crippen molar-refractivity contribution in [3.05, 3.63) is 23.8 Å². The van der Waals surface area contributed by atoms with Crippen LogP contribution in [0.15, 0.2) is 23.4 Å². The molecule has 98 valence electrons. The highest BCUT2D eigenvalue weighted by atomic mass is 16.5. The Morgan fingerprint density at radius 1 is 1.56 bits per heavy atom. The molecule has 1 rings (SSSR count). The van der Waals surface area contributed by atoms with Gasteiger partial charge in [-0.05, 0) is 25.5 Å². The van der Waals surface area contributed by atoms with Crippen molar-refractivity contribution in [2.75, 3.05) is 12.4 Å². The summed E-state index contributed by atoms with van der Waals surface area (Å²) in [5.41, 5.74) is 6.91. The smallest absolute Gasteiger partial charge is 0.234 e. The highest BCUT2D eigenvalue weighted by Gasteiger charge is 2.18. The first-order valence-electron chi connectivity index (χ1n) is 5.42. The zero-order chi connectivity index (χ0) is 13.7. The van der Waals surface area contributed by atoms with Gasteiger partial charge < -0.3 is 21.0 Å². The molecule has 0 spiro atoms. The summed E-state index contributed by atoms with van der Waals surface area (Å²) < 4.78 is 5.08. The number of aryl methyl sites for hydroxylation is 1. The maximum atomic E-state index is 11.8. The van der Waals surface area contributed by atoms with E-state index in [1.54, 1.807) is 26.2 Å². The Morgan fingerprint density at radius 2 is 2.22 bits per heavy atom. The number of hydrogen-bond acceptors (Lipinski definition) is 4. The Bertz CT molecular complexity index is 472. The van der Waals surface area contributed by atoms with Gasteiger partial charge in [-0.2, -0.15) is 0 Å². The number of anilines is 1. The third kappa shape index (κ3) is 3.13. The van der Waals surface area contributed by atoms with Gasteiger partial charge >= 0.3 is 0 Å². The second-order valence-corrected chi connectivity index (χ2v) is 3.92. The van der Waals surface area contributed by atoms with E-state index < -0.39 is 5.92 Å². The third-order valence-electron chi connectivity index (χ3n) is 2.66. The summed E-state index contributed by atoms with van der Waals surface area (Å²) >= 11 is 0.